The Morgan fingerprint density at radius 2 is 1.76 bits per heavy atom. The van der Waals surface area contributed by atoms with Crippen LogP contribution in [0.3, 0.4) is 0 Å². The summed E-state index contributed by atoms with van der Waals surface area (Å²) >= 11 is 0. The maximum Gasteiger partial charge on any atom is 0.230 e. The molecular weight excluding hydrogens is 360 g/mol. The van der Waals surface area contributed by atoms with E-state index in [1.54, 1.807) is 0 Å². The number of likely N-dealkylation sites (tertiary alicyclic amines) is 3. The maximum absolute atomic E-state index is 13.7. The topological polar surface area (TPSA) is 39.7 Å². The molecule has 1 spiro atoms. The van der Waals surface area contributed by atoms with E-state index in [9.17, 15) is 4.79 Å². The summed E-state index contributed by atoms with van der Waals surface area (Å²) < 4.78 is 0. The minimum atomic E-state index is -0.0897. The fourth-order valence-corrected chi connectivity index (χ4v) is 6.99. The highest BCUT2D eigenvalue weighted by molar-refractivity contribution is 5.84. The van der Waals surface area contributed by atoms with Crippen LogP contribution in [0.2, 0.25) is 0 Å². The number of hydrogen-bond acceptors (Lipinski definition) is 4. The molecule has 0 radical (unpaired) electrons. The third-order valence-electron chi connectivity index (χ3n) is 8.70. The van der Waals surface area contributed by atoms with Crippen LogP contribution in [0.1, 0.15) is 51.0 Å². The Bertz CT molecular complexity index is 724. The summed E-state index contributed by atoms with van der Waals surface area (Å²) in [5.41, 5.74) is 1.65. The summed E-state index contributed by atoms with van der Waals surface area (Å²) in [5.74, 6) is 1.07. The average Bonchev–Trinajstić information content (AvgIpc) is 3.47. The van der Waals surface area contributed by atoms with E-state index in [0.717, 1.165) is 45.7 Å². The van der Waals surface area contributed by atoms with Crippen molar-refractivity contribution < 1.29 is 4.79 Å². The zero-order valence-electron chi connectivity index (χ0n) is 18.0. The zero-order chi connectivity index (χ0) is 19.9. The van der Waals surface area contributed by atoms with Crippen molar-refractivity contribution in [3.63, 3.8) is 0 Å². The highest BCUT2D eigenvalue weighted by atomic mass is 16.2. The number of pyridine rings is 1. The van der Waals surface area contributed by atoms with E-state index in [1.165, 1.54) is 50.8 Å². The monoisotopic (exact) mass is 396 g/mol. The smallest absolute Gasteiger partial charge is 0.230 e. The van der Waals surface area contributed by atoms with Crippen LogP contribution in [-0.4, -0.2) is 71.4 Å². The first kappa shape index (κ1) is 19.5. The predicted molar refractivity (Wildman–Crippen MR) is 114 cm³/mol. The van der Waals surface area contributed by atoms with E-state index < -0.39 is 0 Å². The van der Waals surface area contributed by atoms with Gasteiger partial charge < -0.3 is 9.80 Å². The van der Waals surface area contributed by atoms with Crippen LogP contribution in [0.15, 0.2) is 24.5 Å². The van der Waals surface area contributed by atoms with Crippen LogP contribution in [0, 0.1) is 16.7 Å². The van der Waals surface area contributed by atoms with E-state index in [-0.39, 0.29) is 5.41 Å². The summed E-state index contributed by atoms with van der Waals surface area (Å²) in [6, 6.07) is 4.27. The van der Waals surface area contributed by atoms with Crippen molar-refractivity contribution in [2.75, 3.05) is 45.8 Å². The lowest BCUT2D eigenvalue weighted by molar-refractivity contribution is -0.143. The standard InChI is InChI=1S/C24H36N4O/c1-2-26-18-21-23(7-8-24(21,19-26)22(29)28-13-3-4-14-28)9-15-27(16-10-23)17-20-5-11-25-12-6-20/h5-6,11-12,21H,2-4,7-10,13-19H2,1H3/t21-,24+/m0/s1. The summed E-state index contributed by atoms with van der Waals surface area (Å²) in [5, 5.41) is 0. The third kappa shape index (κ3) is 3.31. The predicted octanol–water partition coefficient (Wildman–Crippen LogP) is 3.02. The van der Waals surface area contributed by atoms with Crippen LogP contribution < -0.4 is 0 Å². The Kier molecular flexibility index (Phi) is 5.15. The van der Waals surface area contributed by atoms with Gasteiger partial charge in [0, 0.05) is 45.1 Å². The number of carbonyl (C=O) groups is 1. The lowest BCUT2D eigenvalue weighted by Gasteiger charge is -2.45. The molecule has 4 heterocycles. The van der Waals surface area contributed by atoms with Crippen molar-refractivity contribution >= 4 is 5.91 Å². The van der Waals surface area contributed by atoms with E-state index in [0.29, 0.717) is 17.2 Å². The van der Waals surface area contributed by atoms with E-state index >= 15 is 0 Å². The fraction of sp³-hybridized carbons (Fsp3) is 0.750. The van der Waals surface area contributed by atoms with Crippen LogP contribution >= 0.6 is 0 Å². The van der Waals surface area contributed by atoms with Gasteiger partial charge in [0.2, 0.25) is 5.91 Å². The fourth-order valence-electron chi connectivity index (χ4n) is 6.99. The average molecular weight is 397 g/mol. The summed E-state index contributed by atoms with van der Waals surface area (Å²) in [4.78, 5) is 25.3. The van der Waals surface area contributed by atoms with Gasteiger partial charge in [-0.1, -0.05) is 6.92 Å². The Morgan fingerprint density at radius 1 is 1.03 bits per heavy atom. The second kappa shape index (κ2) is 7.66. The number of hydrogen-bond donors (Lipinski definition) is 0. The normalized spacial score (nSPS) is 32.2. The van der Waals surface area contributed by atoms with E-state index in [2.05, 4.69) is 38.7 Å². The highest BCUT2D eigenvalue weighted by Crippen LogP contribution is 2.62. The number of piperidine rings is 1. The zero-order valence-corrected chi connectivity index (χ0v) is 18.0. The number of aromatic nitrogens is 1. The second-order valence-electron chi connectivity index (χ2n) is 10.0. The number of fused-ring (bicyclic) bond motifs is 2. The molecule has 1 saturated carbocycles. The lowest BCUT2D eigenvalue weighted by atomic mass is 9.65. The van der Waals surface area contributed by atoms with Crippen LogP contribution in [0.5, 0.6) is 0 Å². The Labute approximate surface area is 175 Å². The first-order chi connectivity index (χ1) is 14.2. The van der Waals surface area contributed by atoms with Gasteiger partial charge in [0.1, 0.15) is 0 Å². The summed E-state index contributed by atoms with van der Waals surface area (Å²) in [6.07, 6.45) is 11.1. The van der Waals surface area contributed by atoms with E-state index in [4.69, 9.17) is 0 Å². The molecule has 0 N–H and O–H groups in total. The molecule has 3 saturated heterocycles. The van der Waals surface area contributed by atoms with Crippen LogP contribution in [0.4, 0.5) is 0 Å². The molecule has 29 heavy (non-hydrogen) atoms. The summed E-state index contributed by atoms with van der Waals surface area (Å²) in [7, 11) is 0. The van der Waals surface area contributed by atoms with Crippen LogP contribution in [-0.2, 0) is 11.3 Å². The molecule has 1 aliphatic carbocycles. The molecule has 4 aliphatic rings. The molecule has 0 aromatic carbocycles. The Balaban J connectivity index is 1.32. The van der Waals surface area contributed by atoms with Gasteiger partial charge in [-0.25, -0.2) is 0 Å². The Morgan fingerprint density at radius 3 is 2.45 bits per heavy atom. The van der Waals surface area contributed by atoms with Crippen molar-refractivity contribution in [2.24, 2.45) is 16.7 Å². The second-order valence-corrected chi connectivity index (χ2v) is 10.0. The molecule has 5 heteroatoms. The number of rotatable bonds is 4. The van der Waals surface area contributed by atoms with Gasteiger partial charge >= 0.3 is 0 Å². The molecule has 2 atom stereocenters. The summed E-state index contributed by atoms with van der Waals surface area (Å²) in [6.45, 7) is 10.8. The molecule has 4 fully saturated rings. The van der Waals surface area contributed by atoms with Crippen molar-refractivity contribution in [1.29, 1.82) is 0 Å². The Hall–Kier alpha value is -1.46. The molecule has 1 aromatic rings. The van der Waals surface area contributed by atoms with Gasteiger partial charge in [-0.2, -0.15) is 0 Å². The molecule has 1 amide bonds. The third-order valence-corrected chi connectivity index (χ3v) is 8.70. The molecule has 0 bridgehead atoms. The minimum Gasteiger partial charge on any atom is -0.342 e. The maximum atomic E-state index is 13.7. The van der Waals surface area contributed by atoms with Gasteiger partial charge in [-0.05, 0) is 87.2 Å². The van der Waals surface area contributed by atoms with Gasteiger partial charge in [0.15, 0.2) is 0 Å². The van der Waals surface area contributed by atoms with Crippen molar-refractivity contribution in [1.82, 2.24) is 19.7 Å². The molecule has 1 aromatic heterocycles. The van der Waals surface area contributed by atoms with Gasteiger partial charge in [0.05, 0.1) is 5.41 Å². The van der Waals surface area contributed by atoms with Gasteiger partial charge in [-0.3, -0.25) is 14.7 Å². The highest BCUT2D eigenvalue weighted by Gasteiger charge is 2.64. The SMILES string of the molecule is CCN1C[C@H]2C3(CCN(Cc4ccncc4)CC3)CC[C@@]2(C(=O)N2CCCC2)C1. The molecule has 0 unspecified atom stereocenters. The van der Waals surface area contributed by atoms with Gasteiger partial charge in [0.25, 0.3) is 0 Å². The largest absolute Gasteiger partial charge is 0.342 e. The minimum absolute atomic E-state index is 0.0897. The molecule has 3 aliphatic heterocycles. The first-order valence-electron chi connectivity index (χ1n) is 11.8. The van der Waals surface area contributed by atoms with Crippen molar-refractivity contribution in [3.05, 3.63) is 30.1 Å². The molecule has 158 valence electrons. The quantitative estimate of drug-likeness (QED) is 0.784. The lowest BCUT2D eigenvalue weighted by Crippen LogP contribution is -2.49. The molecular formula is C24H36N4O. The number of amides is 1. The van der Waals surface area contributed by atoms with Crippen molar-refractivity contribution in [2.45, 2.75) is 52.0 Å². The van der Waals surface area contributed by atoms with Crippen LogP contribution in [0.25, 0.3) is 0 Å². The number of carbonyl (C=O) groups excluding carboxylic acids is 1. The number of nitrogens with zero attached hydrogens (tertiary/aromatic N) is 4. The first-order valence-corrected chi connectivity index (χ1v) is 11.8. The molecule has 5 rings (SSSR count). The molecule has 5 nitrogen and oxygen atoms in total. The van der Waals surface area contributed by atoms with Crippen molar-refractivity contribution in [3.8, 4) is 0 Å². The van der Waals surface area contributed by atoms with Gasteiger partial charge in [-0.15, -0.1) is 0 Å². The van der Waals surface area contributed by atoms with E-state index in [1.807, 2.05) is 12.4 Å².